The maximum atomic E-state index is 6.11. The summed E-state index contributed by atoms with van der Waals surface area (Å²) in [6, 6.07) is 16.4. The number of hydrogen-bond acceptors (Lipinski definition) is 4. The fraction of sp³-hybridized carbons (Fsp3) is 0.158. The highest BCUT2D eigenvalue weighted by Crippen LogP contribution is 2.35. The monoisotopic (exact) mass is 303 g/mol. The number of nitrogens with zero attached hydrogens (tertiary/aromatic N) is 3. The molecule has 2 aliphatic rings. The minimum Gasteiger partial charge on any atom is -0.487 e. The van der Waals surface area contributed by atoms with Crippen LogP contribution in [0.1, 0.15) is 6.92 Å². The average Bonchev–Trinajstić information content (AvgIpc) is 2.57. The number of aliphatic imine (C=N–C) groups is 2. The zero-order chi connectivity index (χ0) is 15.6. The van der Waals surface area contributed by atoms with Crippen molar-refractivity contribution in [1.82, 2.24) is 4.90 Å². The summed E-state index contributed by atoms with van der Waals surface area (Å²) in [5.41, 5.74) is 3.10. The largest absolute Gasteiger partial charge is 0.487 e. The van der Waals surface area contributed by atoms with E-state index in [0.29, 0.717) is 5.96 Å². The van der Waals surface area contributed by atoms with Crippen molar-refractivity contribution in [3.05, 3.63) is 60.8 Å². The van der Waals surface area contributed by atoms with Gasteiger partial charge in [0.05, 0.1) is 6.54 Å². The Kier molecular flexibility index (Phi) is 3.42. The molecule has 4 rings (SSSR count). The van der Waals surface area contributed by atoms with Crippen LogP contribution >= 0.6 is 0 Å². The molecule has 1 unspecified atom stereocenters. The van der Waals surface area contributed by atoms with Gasteiger partial charge in [-0.3, -0.25) is 0 Å². The van der Waals surface area contributed by atoms with Gasteiger partial charge >= 0.3 is 0 Å². The van der Waals surface area contributed by atoms with Crippen molar-refractivity contribution in [3.8, 4) is 16.9 Å². The highest BCUT2D eigenvalue weighted by atomic mass is 16.5. The van der Waals surface area contributed by atoms with Crippen LogP contribution in [0.2, 0.25) is 0 Å². The molecule has 0 amide bonds. The molecule has 23 heavy (non-hydrogen) atoms. The van der Waals surface area contributed by atoms with Crippen LogP contribution in [-0.4, -0.2) is 29.7 Å². The van der Waals surface area contributed by atoms with Crippen LogP contribution in [0.4, 0.5) is 5.69 Å². The van der Waals surface area contributed by atoms with Gasteiger partial charge in [-0.25, -0.2) is 9.98 Å². The lowest BCUT2D eigenvalue weighted by molar-refractivity contribution is 0.196. The van der Waals surface area contributed by atoms with Crippen LogP contribution in [0.3, 0.4) is 0 Å². The number of benzene rings is 2. The van der Waals surface area contributed by atoms with Gasteiger partial charge in [0.15, 0.2) is 0 Å². The number of fused-ring (bicyclic) bond motifs is 2. The number of ether oxygens (including phenoxy) is 1. The van der Waals surface area contributed by atoms with E-state index < -0.39 is 0 Å². The van der Waals surface area contributed by atoms with Gasteiger partial charge in [0.2, 0.25) is 5.96 Å². The standard InChI is InChI=1S/C19H17N3O/c1-14-13-22-11-5-10-20-19(22)21-17-9-8-16(12-18(17)23-14)15-6-3-2-4-7-15/h2-12,14H,13H2,1H3/b21-19-. The van der Waals surface area contributed by atoms with E-state index in [-0.39, 0.29) is 6.10 Å². The second-order valence-electron chi connectivity index (χ2n) is 5.66. The molecule has 2 aromatic carbocycles. The molecular weight excluding hydrogens is 286 g/mol. The van der Waals surface area contributed by atoms with Gasteiger partial charge in [-0.2, -0.15) is 0 Å². The molecule has 4 heteroatoms. The normalized spacial score (nSPS) is 21.3. The highest BCUT2D eigenvalue weighted by Gasteiger charge is 2.20. The quantitative estimate of drug-likeness (QED) is 0.798. The van der Waals surface area contributed by atoms with Crippen molar-refractivity contribution in [2.45, 2.75) is 13.0 Å². The second kappa shape index (κ2) is 5.72. The summed E-state index contributed by atoms with van der Waals surface area (Å²) in [6.45, 7) is 2.79. The van der Waals surface area contributed by atoms with Crippen molar-refractivity contribution < 1.29 is 4.74 Å². The molecular formula is C19H17N3O. The fourth-order valence-corrected chi connectivity index (χ4v) is 2.78. The molecule has 2 heterocycles. The van der Waals surface area contributed by atoms with E-state index in [4.69, 9.17) is 4.74 Å². The Labute approximate surface area is 135 Å². The third-order valence-electron chi connectivity index (χ3n) is 3.87. The van der Waals surface area contributed by atoms with Crippen molar-refractivity contribution in [2.24, 2.45) is 9.98 Å². The molecule has 1 atom stereocenters. The number of hydrogen-bond donors (Lipinski definition) is 0. The van der Waals surface area contributed by atoms with Gasteiger partial charge in [0.25, 0.3) is 0 Å². The maximum absolute atomic E-state index is 6.11. The Morgan fingerprint density at radius 3 is 2.83 bits per heavy atom. The zero-order valence-electron chi connectivity index (χ0n) is 12.9. The third-order valence-corrected chi connectivity index (χ3v) is 3.87. The average molecular weight is 303 g/mol. The van der Waals surface area contributed by atoms with Crippen molar-refractivity contribution in [1.29, 1.82) is 0 Å². The molecule has 0 aromatic heterocycles. The third kappa shape index (κ3) is 2.75. The molecule has 0 bridgehead atoms. The van der Waals surface area contributed by atoms with E-state index in [1.54, 1.807) is 6.21 Å². The van der Waals surface area contributed by atoms with Crippen molar-refractivity contribution in [3.63, 3.8) is 0 Å². The minimum atomic E-state index is 0.0447. The lowest BCUT2D eigenvalue weighted by Crippen LogP contribution is -2.36. The molecule has 4 nitrogen and oxygen atoms in total. The van der Waals surface area contributed by atoms with Crippen LogP contribution < -0.4 is 4.74 Å². The first-order chi connectivity index (χ1) is 11.3. The lowest BCUT2D eigenvalue weighted by Gasteiger charge is -2.28. The van der Waals surface area contributed by atoms with Crippen LogP contribution in [0.15, 0.2) is 70.8 Å². The summed E-state index contributed by atoms with van der Waals surface area (Å²) in [4.78, 5) is 11.0. The Bertz CT molecular complexity index is 809. The number of allylic oxidation sites excluding steroid dienone is 1. The molecule has 2 aromatic rings. The van der Waals surface area contributed by atoms with Gasteiger partial charge in [-0.1, -0.05) is 36.4 Å². The van der Waals surface area contributed by atoms with Crippen LogP contribution in [0.25, 0.3) is 11.1 Å². The molecule has 0 radical (unpaired) electrons. The summed E-state index contributed by atoms with van der Waals surface area (Å²) in [5.74, 6) is 1.51. The van der Waals surface area contributed by atoms with Crippen LogP contribution in [0.5, 0.6) is 5.75 Å². The van der Waals surface area contributed by atoms with Gasteiger partial charge in [0.1, 0.15) is 17.5 Å². The minimum absolute atomic E-state index is 0.0447. The number of rotatable bonds is 1. The molecule has 0 spiro atoms. The molecule has 0 fully saturated rings. The van der Waals surface area contributed by atoms with Gasteiger partial charge in [0, 0.05) is 12.4 Å². The topological polar surface area (TPSA) is 37.2 Å². The van der Waals surface area contributed by atoms with Crippen LogP contribution in [0, 0.1) is 0 Å². The van der Waals surface area contributed by atoms with Crippen LogP contribution in [-0.2, 0) is 0 Å². The summed E-state index contributed by atoms with van der Waals surface area (Å²) >= 11 is 0. The first kappa shape index (κ1) is 13.8. The summed E-state index contributed by atoms with van der Waals surface area (Å²) in [7, 11) is 0. The molecule has 0 saturated heterocycles. The summed E-state index contributed by atoms with van der Waals surface area (Å²) in [6.07, 6.45) is 5.70. The Hall–Kier alpha value is -2.88. The van der Waals surface area contributed by atoms with Gasteiger partial charge in [-0.05, 0) is 36.3 Å². The number of guanidine groups is 1. The Balaban J connectivity index is 1.79. The van der Waals surface area contributed by atoms with Crippen molar-refractivity contribution >= 4 is 17.9 Å². The molecule has 0 N–H and O–H groups in total. The second-order valence-corrected chi connectivity index (χ2v) is 5.66. The van der Waals surface area contributed by atoms with E-state index in [2.05, 4.69) is 41.2 Å². The van der Waals surface area contributed by atoms with Gasteiger partial charge in [-0.15, -0.1) is 0 Å². The molecule has 0 aliphatic carbocycles. The molecule has 114 valence electrons. The first-order valence-corrected chi connectivity index (χ1v) is 7.72. The molecule has 0 saturated carbocycles. The van der Waals surface area contributed by atoms with E-state index in [0.717, 1.165) is 23.5 Å². The van der Waals surface area contributed by atoms with E-state index >= 15 is 0 Å². The SMILES string of the molecule is CC1CN2C=CC=N/C2=N/c2ccc(-c3ccccc3)cc2O1. The van der Waals surface area contributed by atoms with E-state index in [9.17, 15) is 0 Å². The zero-order valence-corrected chi connectivity index (χ0v) is 12.9. The Morgan fingerprint density at radius 2 is 1.96 bits per heavy atom. The summed E-state index contributed by atoms with van der Waals surface area (Å²) < 4.78 is 6.11. The predicted octanol–water partition coefficient (Wildman–Crippen LogP) is 4.02. The summed E-state index contributed by atoms with van der Waals surface area (Å²) in [5, 5.41) is 0. The molecule has 2 aliphatic heterocycles. The fourth-order valence-electron chi connectivity index (χ4n) is 2.78. The highest BCUT2D eigenvalue weighted by molar-refractivity contribution is 5.96. The van der Waals surface area contributed by atoms with Gasteiger partial charge < -0.3 is 9.64 Å². The van der Waals surface area contributed by atoms with E-state index in [1.165, 1.54) is 5.56 Å². The lowest BCUT2D eigenvalue weighted by atomic mass is 10.0. The van der Waals surface area contributed by atoms with E-state index in [1.807, 2.05) is 41.4 Å². The first-order valence-electron chi connectivity index (χ1n) is 7.72. The van der Waals surface area contributed by atoms with Crippen molar-refractivity contribution in [2.75, 3.05) is 6.54 Å². The maximum Gasteiger partial charge on any atom is 0.230 e. The predicted molar refractivity (Wildman–Crippen MR) is 93.4 cm³/mol. The Morgan fingerprint density at radius 1 is 1.09 bits per heavy atom. The smallest absolute Gasteiger partial charge is 0.230 e.